The van der Waals surface area contributed by atoms with Crippen molar-refractivity contribution in [2.45, 2.75) is 24.9 Å². The molecular weight excluding hydrogens is 478 g/mol. The predicted octanol–water partition coefficient (Wildman–Crippen LogP) is 1.90. The van der Waals surface area contributed by atoms with Gasteiger partial charge >= 0.3 is 0 Å². The summed E-state index contributed by atoms with van der Waals surface area (Å²) in [6, 6.07) is 9.17. The highest BCUT2D eigenvalue weighted by Gasteiger charge is 2.59. The van der Waals surface area contributed by atoms with Gasteiger partial charge in [-0.2, -0.15) is 0 Å². The number of allylic oxidation sites excluding steroid dienone is 2. The third-order valence-corrected chi connectivity index (χ3v) is 7.79. The Kier molecular flexibility index (Phi) is 5.34. The van der Waals surface area contributed by atoms with Crippen LogP contribution >= 0.6 is 0 Å². The second-order valence-corrected chi connectivity index (χ2v) is 10.1. The highest BCUT2D eigenvalue weighted by Crippen LogP contribution is 2.53. The SMILES string of the molecule is CN(C)c1ccc(-c2cc(N)c(O)c3c2C[C@H]2C[C@H]4CC(O)=C(C(N)=O)C(=O)[C@@]4(O)C(O)=C2C3=O)cc1. The molecule has 1 amide bonds. The number of hydrogen-bond acceptors (Lipinski definition) is 9. The Balaban J connectivity index is 1.68. The number of aliphatic hydroxyl groups is 3. The molecule has 0 saturated carbocycles. The van der Waals surface area contributed by atoms with E-state index in [1.807, 2.05) is 43.3 Å². The number of amides is 1. The van der Waals surface area contributed by atoms with Crippen molar-refractivity contribution in [1.29, 1.82) is 0 Å². The lowest BCUT2D eigenvalue weighted by Gasteiger charge is -2.45. The van der Waals surface area contributed by atoms with Gasteiger partial charge in [0.15, 0.2) is 11.4 Å². The third kappa shape index (κ3) is 3.32. The van der Waals surface area contributed by atoms with Gasteiger partial charge in [-0.05, 0) is 53.6 Å². The Morgan fingerprint density at radius 2 is 1.73 bits per heavy atom. The van der Waals surface area contributed by atoms with E-state index in [1.54, 1.807) is 6.07 Å². The van der Waals surface area contributed by atoms with E-state index in [1.165, 1.54) is 0 Å². The molecule has 5 rings (SSSR count). The van der Waals surface area contributed by atoms with Crippen LogP contribution in [0.2, 0.25) is 0 Å². The van der Waals surface area contributed by atoms with Crippen LogP contribution in [0.1, 0.15) is 28.8 Å². The van der Waals surface area contributed by atoms with Crippen molar-refractivity contribution in [3.63, 3.8) is 0 Å². The van der Waals surface area contributed by atoms with E-state index in [-0.39, 0.29) is 36.1 Å². The molecule has 0 aliphatic heterocycles. The van der Waals surface area contributed by atoms with Crippen LogP contribution in [-0.2, 0) is 16.0 Å². The minimum atomic E-state index is -2.60. The monoisotopic (exact) mass is 505 g/mol. The molecule has 10 heteroatoms. The van der Waals surface area contributed by atoms with Crippen LogP contribution in [0, 0.1) is 11.8 Å². The van der Waals surface area contributed by atoms with Crippen molar-refractivity contribution in [1.82, 2.24) is 0 Å². The van der Waals surface area contributed by atoms with Gasteiger partial charge in [0.2, 0.25) is 5.78 Å². The Hall–Kier alpha value is -4.31. The number of aliphatic hydroxyl groups excluding tert-OH is 2. The molecule has 0 radical (unpaired) electrons. The van der Waals surface area contributed by atoms with Crippen molar-refractivity contribution >= 4 is 28.8 Å². The van der Waals surface area contributed by atoms with E-state index in [2.05, 4.69) is 0 Å². The molecule has 3 aliphatic carbocycles. The number of hydrogen-bond donors (Lipinski definition) is 6. The molecule has 0 fully saturated rings. The lowest BCUT2D eigenvalue weighted by atomic mass is 9.60. The Bertz CT molecular complexity index is 1460. The van der Waals surface area contributed by atoms with Gasteiger partial charge in [0.05, 0.1) is 11.3 Å². The number of benzene rings is 2. The zero-order valence-corrected chi connectivity index (χ0v) is 20.3. The van der Waals surface area contributed by atoms with Gasteiger partial charge in [0.25, 0.3) is 5.91 Å². The smallest absolute Gasteiger partial charge is 0.255 e. The number of primary amides is 1. The average Bonchev–Trinajstić information content (AvgIpc) is 2.83. The predicted molar refractivity (Wildman–Crippen MR) is 135 cm³/mol. The summed E-state index contributed by atoms with van der Waals surface area (Å²) < 4.78 is 0. The highest BCUT2D eigenvalue weighted by atomic mass is 16.3. The zero-order chi connectivity index (χ0) is 27.0. The van der Waals surface area contributed by atoms with Crippen molar-refractivity contribution in [2.24, 2.45) is 17.6 Å². The number of rotatable bonds is 3. The van der Waals surface area contributed by atoms with Gasteiger partial charge in [0, 0.05) is 37.7 Å². The fourth-order valence-corrected chi connectivity index (χ4v) is 5.90. The molecule has 10 nitrogen and oxygen atoms in total. The van der Waals surface area contributed by atoms with E-state index < -0.39 is 57.8 Å². The minimum absolute atomic E-state index is 0.0395. The number of Topliss-reactive ketones (excluding diaryl/α,β-unsaturated/α-hetero) is 2. The van der Waals surface area contributed by atoms with Crippen molar-refractivity contribution in [2.75, 3.05) is 24.7 Å². The van der Waals surface area contributed by atoms with Gasteiger partial charge in [-0.1, -0.05) is 12.1 Å². The van der Waals surface area contributed by atoms with Gasteiger partial charge < -0.3 is 36.8 Å². The largest absolute Gasteiger partial charge is 0.511 e. The minimum Gasteiger partial charge on any atom is -0.511 e. The van der Waals surface area contributed by atoms with Crippen LogP contribution in [0.3, 0.4) is 0 Å². The summed E-state index contributed by atoms with van der Waals surface area (Å²) in [5, 5.41) is 43.6. The molecule has 2 aromatic carbocycles. The number of carbonyl (C=O) groups excluding carboxylic acids is 3. The normalized spacial score (nSPS) is 24.9. The first kappa shape index (κ1) is 24.4. The van der Waals surface area contributed by atoms with E-state index in [9.17, 15) is 34.8 Å². The molecule has 0 heterocycles. The lowest BCUT2D eigenvalue weighted by Crippen LogP contribution is -2.57. The lowest BCUT2D eigenvalue weighted by molar-refractivity contribution is -0.144. The number of phenolic OH excluding ortho intramolecular Hbond substituents is 1. The number of nitrogens with zero attached hydrogens (tertiary/aromatic N) is 1. The molecular formula is C27H27N3O7. The van der Waals surface area contributed by atoms with Gasteiger partial charge in [-0.15, -0.1) is 0 Å². The molecule has 0 unspecified atom stereocenters. The second kappa shape index (κ2) is 8.10. The maximum Gasteiger partial charge on any atom is 0.255 e. The standard InChI is InChI=1S/C27H27N3O7/c1-30(2)14-5-3-11(4-6-14)15-10-17(28)22(32)20-16(15)8-12-7-13-9-18(31)21(26(29)36)25(35)27(13,37)24(34)19(12)23(20)33/h3-6,10,12-13,31-32,34,37H,7-9,28H2,1-2H3,(H2,29,36)/t12-,13+,27+/m1/s1. The molecule has 0 bridgehead atoms. The molecule has 0 spiro atoms. The van der Waals surface area contributed by atoms with E-state index in [0.717, 1.165) is 11.3 Å². The third-order valence-electron chi connectivity index (χ3n) is 7.79. The number of ketones is 2. The summed E-state index contributed by atoms with van der Waals surface area (Å²) >= 11 is 0. The number of nitrogen functional groups attached to an aromatic ring is 1. The van der Waals surface area contributed by atoms with Crippen LogP contribution in [-0.4, -0.2) is 57.6 Å². The van der Waals surface area contributed by atoms with Crippen LogP contribution in [0.15, 0.2) is 53.0 Å². The molecule has 37 heavy (non-hydrogen) atoms. The number of anilines is 2. The van der Waals surface area contributed by atoms with Crippen LogP contribution in [0.4, 0.5) is 11.4 Å². The van der Waals surface area contributed by atoms with Crippen molar-refractivity contribution < 1.29 is 34.8 Å². The zero-order valence-electron chi connectivity index (χ0n) is 20.3. The fourth-order valence-electron chi connectivity index (χ4n) is 5.90. The van der Waals surface area contributed by atoms with E-state index in [4.69, 9.17) is 11.5 Å². The van der Waals surface area contributed by atoms with Crippen LogP contribution < -0.4 is 16.4 Å². The maximum atomic E-state index is 13.7. The second-order valence-electron chi connectivity index (χ2n) is 10.1. The van der Waals surface area contributed by atoms with E-state index >= 15 is 0 Å². The summed E-state index contributed by atoms with van der Waals surface area (Å²) in [6.07, 6.45) is -0.0126. The summed E-state index contributed by atoms with van der Waals surface area (Å²) in [4.78, 5) is 40.5. The number of aromatic hydroxyl groups is 1. The number of phenols is 1. The first-order valence-electron chi connectivity index (χ1n) is 11.8. The van der Waals surface area contributed by atoms with Crippen LogP contribution in [0.5, 0.6) is 5.75 Å². The van der Waals surface area contributed by atoms with Gasteiger partial charge in [-0.25, -0.2) is 0 Å². The quantitative estimate of drug-likeness (QED) is 0.206. The Morgan fingerprint density at radius 3 is 2.32 bits per heavy atom. The average molecular weight is 506 g/mol. The topological polar surface area (TPSA) is 187 Å². The number of carbonyl (C=O) groups is 3. The van der Waals surface area contributed by atoms with Crippen molar-refractivity contribution in [3.05, 3.63) is 64.1 Å². The molecule has 0 aromatic heterocycles. The summed E-state index contributed by atoms with van der Waals surface area (Å²) in [5.41, 5.74) is 10.4. The first-order valence-corrected chi connectivity index (χ1v) is 11.8. The Morgan fingerprint density at radius 1 is 1.08 bits per heavy atom. The number of fused-ring (bicyclic) bond motifs is 3. The summed E-state index contributed by atoms with van der Waals surface area (Å²) in [5.74, 6) is -6.78. The molecule has 3 aliphatic rings. The maximum absolute atomic E-state index is 13.7. The molecule has 2 aromatic rings. The van der Waals surface area contributed by atoms with E-state index in [0.29, 0.717) is 11.1 Å². The summed E-state index contributed by atoms with van der Waals surface area (Å²) in [7, 11) is 3.82. The summed E-state index contributed by atoms with van der Waals surface area (Å²) in [6.45, 7) is 0. The van der Waals surface area contributed by atoms with Gasteiger partial charge in [-0.3, -0.25) is 14.4 Å². The highest BCUT2D eigenvalue weighted by molar-refractivity contribution is 6.24. The van der Waals surface area contributed by atoms with Crippen molar-refractivity contribution in [3.8, 4) is 16.9 Å². The molecule has 0 saturated heterocycles. The molecule has 192 valence electrons. The first-order chi connectivity index (χ1) is 17.4. The molecule has 8 N–H and O–H groups in total. The van der Waals surface area contributed by atoms with Crippen LogP contribution in [0.25, 0.3) is 11.1 Å². The fraction of sp³-hybridized carbons (Fsp3) is 0.296. The molecule has 3 atom stereocenters. The van der Waals surface area contributed by atoms with Gasteiger partial charge in [0.1, 0.15) is 22.8 Å². The Labute approximate surface area is 212 Å². The number of nitrogens with two attached hydrogens (primary N) is 2.